The number of thiocarbonyl (C=S) groups is 1. The van der Waals surface area contributed by atoms with Crippen molar-refractivity contribution in [3.63, 3.8) is 0 Å². The zero-order valence-corrected chi connectivity index (χ0v) is 14.7. The molecular formula is C17H16ClFN2O2S. The van der Waals surface area contributed by atoms with Crippen LogP contribution in [0.1, 0.15) is 24.2 Å². The molecule has 1 amide bonds. The summed E-state index contributed by atoms with van der Waals surface area (Å²) in [6.45, 7) is 3.75. The summed E-state index contributed by atoms with van der Waals surface area (Å²) in [5, 5.41) is 5.37. The van der Waals surface area contributed by atoms with Gasteiger partial charge in [-0.2, -0.15) is 0 Å². The van der Waals surface area contributed by atoms with E-state index in [1.54, 1.807) is 24.3 Å². The molecule has 0 bridgehead atoms. The van der Waals surface area contributed by atoms with Crippen molar-refractivity contribution in [2.75, 3.05) is 5.32 Å². The fraction of sp³-hybridized carbons (Fsp3) is 0.176. The minimum absolute atomic E-state index is 0.0372. The second-order valence-electron chi connectivity index (χ2n) is 5.20. The molecule has 0 unspecified atom stereocenters. The van der Waals surface area contributed by atoms with E-state index in [-0.39, 0.29) is 16.2 Å². The lowest BCUT2D eigenvalue weighted by molar-refractivity contribution is 0.0972. The number of carbonyl (C=O) groups is 1. The lowest BCUT2D eigenvalue weighted by Crippen LogP contribution is -2.34. The molecule has 2 rings (SSSR count). The first-order valence-electron chi connectivity index (χ1n) is 7.20. The highest BCUT2D eigenvalue weighted by atomic mass is 35.5. The number of ether oxygens (including phenoxy) is 1. The van der Waals surface area contributed by atoms with Crippen LogP contribution in [0.15, 0.2) is 42.5 Å². The van der Waals surface area contributed by atoms with E-state index in [9.17, 15) is 9.18 Å². The van der Waals surface area contributed by atoms with Crippen molar-refractivity contribution in [1.82, 2.24) is 5.32 Å². The van der Waals surface area contributed by atoms with Crippen LogP contribution < -0.4 is 15.4 Å². The summed E-state index contributed by atoms with van der Waals surface area (Å²) >= 11 is 10.8. The van der Waals surface area contributed by atoms with Gasteiger partial charge in [-0.25, -0.2) is 4.39 Å². The number of nitrogens with one attached hydrogen (secondary N) is 2. The Morgan fingerprint density at radius 3 is 2.62 bits per heavy atom. The number of para-hydroxylation sites is 1. The lowest BCUT2D eigenvalue weighted by Gasteiger charge is -2.15. The van der Waals surface area contributed by atoms with E-state index in [4.69, 9.17) is 28.6 Å². The Kier molecular flexibility index (Phi) is 6.11. The van der Waals surface area contributed by atoms with Gasteiger partial charge in [0.05, 0.1) is 16.7 Å². The molecule has 0 aliphatic carbocycles. The van der Waals surface area contributed by atoms with Crippen LogP contribution in [0.5, 0.6) is 5.75 Å². The topological polar surface area (TPSA) is 50.4 Å². The van der Waals surface area contributed by atoms with Crippen LogP contribution in [0.2, 0.25) is 5.02 Å². The molecule has 0 fully saturated rings. The van der Waals surface area contributed by atoms with Gasteiger partial charge in [-0.1, -0.05) is 23.7 Å². The van der Waals surface area contributed by atoms with Crippen molar-refractivity contribution in [2.45, 2.75) is 20.0 Å². The van der Waals surface area contributed by atoms with Crippen LogP contribution in [0.3, 0.4) is 0 Å². The van der Waals surface area contributed by atoms with Crippen LogP contribution in [-0.2, 0) is 0 Å². The summed E-state index contributed by atoms with van der Waals surface area (Å²) < 4.78 is 18.8. The predicted molar refractivity (Wildman–Crippen MR) is 97.3 cm³/mol. The van der Waals surface area contributed by atoms with E-state index in [1.165, 1.54) is 18.2 Å². The van der Waals surface area contributed by atoms with E-state index in [1.807, 2.05) is 13.8 Å². The predicted octanol–water partition coefficient (Wildman–Crippen LogP) is 4.39. The maximum absolute atomic E-state index is 13.1. The maximum atomic E-state index is 13.1. The lowest BCUT2D eigenvalue weighted by atomic mass is 10.2. The van der Waals surface area contributed by atoms with Gasteiger partial charge in [-0.05, 0) is 56.4 Å². The van der Waals surface area contributed by atoms with E-state index >= 15 is 0 Å². The van der Waals surface area contributed by atoms with Crippen LogP contribution in [-0.4, -0.2) is 17.1 Å². The molecular weight excluding hydrogens is 351 g/mol. The fourth-order valence-electron chi connectivity index (χ4n) is 1.92. The fourth-order valence-corrected chi connectivity index (χ4v) is 2.31. The molecule has 2 N–H and O–H groups in total. The van der Waals surface area contributed by atoms with Crippen LogP contribution in [0.25, 0.3) is 0 Å². The van der Waals surface area contributed by atoms with Gasteiger partial charge in [-0.3, -0.25) is 10.1 Å². The van der Waals surface area contributed by atoms with E-state index < -0.39 is 11.7 Å². The Hall–Kier alpha value is -2.18. The van der Waals surface area contributed by atoms with E-state index in [2.05, 4.69) is 10.6 Å². The van der Waals surface area contributed by atoms with Gasteiger partial charge in [0, 0.05) is 5.69 Å². The van der Waals surface area contributed by atoms with E-state index in [0.717, 1.165) is 0 Å². The Labute approximate surface area is 150 Å². The second-order valence-corrected chi connectivity index (χ2v) is 6.02. The number of amides is 1. The van der Waals surface area contributed by atoms with Crippen LogP contribution in [0.4, 0.5) is 10.1 Å². The summed E-state index contributed by atoms with van der Waals surface area (Å²) in [6.07, 6.45) is -0.0645. The summed E-state index contributed by atoms with van der Waals surface area (Å²) in [5.74, 6) is -0.466. The third-order valence-corrected chi connectivity index (χ3v) is 3.39. The number of anilines is 1. The molecule has 0 aromatic heterocycles. The maximum Gasteiger partial charge on any atom is 0.261 e. The average molecular weight is 367 g/mol. The third kappa shape index (κ3) is 4.91. The van der Waals surface area contributed by atoms with Gasteiger partial charge in [0.1, 0.15) is 11.6 Å². The molecule has 0 radical (unpaired) electrons. The molecule has 0 aliphatic rings. The molecule has 0 aliphatic heterocycles. The number of hydrogen-bond acceptors (Lipinski definition) is 3. The molecule has 0 atom stereocenters. The largest absolute Gasteiger partial charge is 0.490 e. The second kappa shape index (κ2) is 8.08. The zero-order valence-electron chi connectivity index (χ0n) is 13.1. The molecule has 2 aromatic carbocycles. The Morgan fingerprint density at radius 1 is 1.25 bits per heavy atom. The van der Waals surface area contributed by atoms with Gasteiger partial charge >= 0.3 is 0 Å². The molecule has 0 saturated heterocycles. The zero-order chi connectivity index (χ0) is 17.7. The van der Waals surface area contributed by atoms with Crippen LogP contribution >= 0.6 is 23.8 Å². The molecule has 24 heavy (non-hydrogen) atoms. The Morgan fingerprint density at radius 2 is 1.96 bits per heavy atom. The molecule has 126 valence electrons. The third-order valence-electron chi connectivity index (χ3n) is 2.90. The molecule has 4 nitrogen and oxygen atoms in total. The Bertz CT molecular complexity index is 768. The molecule has 2 aromatic rings. The number of halogens is 2. The molecule has 7 heteroatoms. The number of rotatable bonds is 4. The first-order valence-corrected chi connectivity index (χ1v) is 7.98. The van der Waals surface area contributed by atoms with Crippen molar-refractivity contribution in [2.24, 2.45) is 0 Å². The highest BCUT2D eigenvalue weighted by Gasteiger charge is 2.14. The minimum atomic E-state index is -0.531. The van der Waals surface area contributed by atoms with Gasteiger partial charge < -0.3 is 10.1 Å². The molecule has 0 saturated carbocycles. The van der Waals surface area contributed by atoms with Crippen molar-refractivity contribution in [1.29, 1.82) is 0 Å². The molecule has 0 spiro atoms. The molecule has 0 heterocycles. The highest BCUT2D eigenvalue weighted by Crippen LogP contribution is 2.20. The summed E-state index contributed by atoms with van der Waals surface area (Å²) in [6, 6.07) is 10.9. The first kappa shape index (κ1) is 18.2. The van der Waals surface area contributed by atoms with Crippen molar-refractivity contribution in [3.05, 3.63) is 58.9 Å². The van der Waals surface area contributed by atoms with Crippen molar-refractivity contribution in [3.8, 4) is 5.75 Å². The summed E-state index contributed by atoms with van der Waals surface area (Å²) in [5.41, 5.74) is 0.839. The monoisotopic (exact) mass is 366 g/mol. The standard InChI is InChI=1S/C17H16ClFN2O2S/c1-10(2)23-15-6-4-3-5-12(15)16(22)21-17(24)20-11-7-8-14(19)13(18)9-11/h3-10H,1-2H3,(H2,20,21,22,24). The van der Waals surface area contributed by atoms with Gasteiger partial charge in [0.2, 0.25) is 0 Å². The van der Waals surface area contributed by atoms with E-state index in [0.29, 0.717) is 17.0 Å². The van der Waals surface area contributed by atoms with Gasteiger partial charge in [0.25, 0.3) is 5.91 Å². The smallest absolute Gasteiger partial charge is 0.261 e. The number of benzene rings is 2. The number of carbonyl (C=O) groups excluding carboxylic acids is 1. The van der Waals surface area contributed by atoms with Gasteiger partial charge in [0.15, 0.2) is 5.11 Å². The normalized spacial score (nSPS) is 10.4. The quantitative estimate of drug-likeness (QED) is 0.788. The Balaban J connectivity index is 2.06. The minimum Gasteiger partial charge on any atom is -0.490 e. The number of hydrogen-bond donors (Lipinski definition) is 2. The summed E-state index contributed by atoms with van der Waals surface area (Å²) in [4.78, 5) is 12.4. The first-order chi connectivity index (χ1) is 11.4. The van der Waals surface area contributed by atoms with Crippen LogP contribution in [0, 0.1) is 5.82 Å². The van der Waals surface area contributed by atoms with Crippen molar-refractivity contribution >= 4 is 40.5 Å². The summed E-state index contributed by atoms with van der Waals surface area (Å²) in [7, 11) is 0. The average Bonchev–Trinajstić information content (AvgIpc) is 2.50. The van der Waals surface area contributed by atoms with Crippen molar-refractivity contribution < 1.29 is 13.9 Å². The van der Waals surface area contributed by atoms with Gasteiger partial charge in [-0.15, -0.1) is 0 Å². The highest BCUT2D eigenvalue weighted by molar-refractivity contribution is 7.80. The SMILES string of the molecule is CC(C)Oc1ccccc1C(=O)NC(=S)Nc1ccc(F)c(Cl)c1.